The number of ether oxygens (including phenoxy) is 1. The first-order chi connectivity index (χ1) is 13.6. The normalized spacial score (nSPS) is 16.4. The fourth-order valence-corrected chi connectivity index (χ4v) is 4.49. The predicted molar refractivity (Wildman–Crippen MR) is 113 cm³/mol. The van der Waals surface area contributed by atoms with E-state index >= 15 is 0 Å². The summed E-state index contributed by atoms with van der Waals surface area (Å²) in [5.41, 5.74) is 0.984. The summed E-state index contributed by atoms with van der Waals surface area (Å²) >= 11 is 1.47. The molecule has 7 heteroatoms. The third-order valence-electron chi connectivity index (χ3n) is 5.23. The van der Waals surface area contributed by atoms with Crippen molar-refractivity contribution in [3.8, 4) is 17.1 Å². The third-order valence-corrected chi connectivity index (χ3v) is 6.31. The van der Waals surface area contributed by atoms with Crippen LogP contribution >= 0.6 is 11.8 Å². The van der Waals surface area contributed by atoms with Gasteiger partial charge >= 0.3 is 0 Å². The van der Waals surface area contributed by atoms with Crippen LogP contribution in [0.3, 0.4) is 0 Å². The van der Waals surface area contributed by atoms with Crippen molar-refractivity contribution in [3.05, 3.63) is 24.3 Å². The number of amides is 1. The van der Waals surface area contributed by atoms with E-state index < -0.39 is 0 Å². The quantitative estimate of drug-likeness (QED) is 0.553. The highest BCUT2D eigenvalue weighted by atomic mass is 32.2. The van der Waals surface area contributed by atoms with Crippen LogP contribution in [0.4, 0.5) is 0 Å². The molecule has 0 unspecified atom stereocenters. The molecule has 28 heavy (non-hydrogen) atoms. The van der Waals surface area contributed by atoms with Crippen molar-refractivity contribution in [2.24, 2.45) is 0 Å². The molecule has 1 amide bonds. The summed E-state index contributed by atoms with van der Waals surface area (Å²) in [5.74, 6) is 1.71. The second-order valence-corrected chi connectivity index (χ2v) is 8.54. The molecule has 0 bridgehead atoms. The number of methoxy groups -OCH3 is 1. The number of hydrogen-bond donors (Lipinski definition) is 1. The number of carbonyl (C=O) groups is 1. The highest BCUT2D eigenvalue weighted by molar-refractivity contribution is 8.00. The number of aromatic nitrogens is 3. The highest BCUT2D eigenvalue weighted by Gasteiger charge is 2.23. The Hall–Kier alpha value is -2.02. The van der Waals surface area contributed by atoms with E-state index in [-0.39, 0.29) is 11.2 Å². The van der Waals surface area contributed by atoms with Crippen LogP contribution in [0.1, 0.15) is 52.4 Å². The molecule has 1 fully saturated rings. The molecule has 1 aliphatic rings. The van der Waals surface area contributed by atoms with Gasteiger partial charge in [-0.05, 0) is 51.0 Å². The van der Waals surface area contributed by atoms with E-state index in [1.165, 1.54) is 37.4 Å². The van der Waals surface area contributed by atoms with E-state index in [0.29, 0.717) is 6.04 Å². The molecule has 1 saturated carbocycles. The minimum Gasteiger partial charge on any atom is -0.497 e. The summed E-state index contributed by atoms with van der Waals surface area (Å²) in [6, 6.07) is 8.10. The molecule has 1 aromatic heterocycles. The Kier molecular flexibility index (Phi) is 7.36. The molecular weight excluding hydrogens is 372 g/mol. The van der Waals surface area contributed by atoms with E-state index in [0.717, 1.165) is 41.7 Å². The van der Waals surface area contributed by atoms with Crippen molar-refractivity contribution in [2.45, 2.75) is 75.4 Å². The Morgan fingerprint density at radius 3 is 2.50 bits per heavy atom. The fourth-order valence-electron chi connectivity index (χ4n) is 3.57. The van der Waals surface area contributed by atoms with Gasteiger partial charge in [0.05, 0.1) is 12.4 Å². The lowest BCUT2D eigenvalue weighted by Crippen LogP contribution is -2.39. The van der Waals surface area contributed by atoms with Gasteiger partial charge in [-0.25, -0.2) is 0 Å². The summed E-state index contributed by atoms with van der Waals surface area (Å²) in [7, 11) is 1.65. The number of benzene rings is 1. The van der Waals surface area contributed by atoms with Crippen LogP contribution in [0.25, 0.3) is 11.4 Å². The fraction of sp³-hybridized carbons (Fsp3) is 0.571. The van der Waals surface area contributed by atoms with Gasteiger partial charge in [-0.3, -0.25) is 4.79 Å². The second-order valence-electron chi connectivity index (χ2n) is 7.24. The average molecular weight is 403 g/mol. The van der Waals surface area contributed by atoms with Gasteiger partial charge in [-0.2, -0.15) is 0 Å². The molecule has 1 atom stereocenters. The van der Waals surface area contributed by atoms with Crippen molar-refractivity contribution in [3.63, 3.8) is 0 Å². The summed E-state index contributed by atoms with van der Waals surface area (Å²) in [4.78, 5) is 12.7. The van der Waals surface area contributed by atoms with Crippen molar-refractivity contribution < 1.29 is 9.53 Å². The zero-order chi connectivity index (χ0) is 19.9. The summed E-state index contributed by atoms with van der Waals surface area (Å²) < 4.78 is 7.28. The van der Waals surface area contributed by atoms with Crippen LogP contribution in [0, 0.1) is 0 Å². The molecule has 0 aliphatic heterocycles. The lowest BCUT2D eigenvalue weighted by Gasteiger charge is -2.19. The molecule has 6 nitrogen and oxygen atoms in total. The van der Waals surface area contributed by atoms with Crippen LogP contribution in [-0.2, 0) is 11.3 Å². The van der Waals surface area contributed by atoms with E-state index in [2.05, 4.69) is 27.0 Å². The van der Waals surface area contributed by atoms with Crippen molar-refractivity contribution >= 4 is 17.7 Å². The number of thioether (sulfide) groups is 1. The van der Waals surface area contributed by atoms with Gasteiger partial charge in [0.2, 0.25) is 5.91 Å². The van der Waals surface area contributed by atoms with Gasteiger partial charge < -0.3 is 14.6 Å². The monoisotopic (exact) mass is 402 g/mol. The molecule has 1 aliphatic carbocycles. The highest BCUT2D eigenvalue weighted by Crippen LogP contribution is 2.28. The summed E-state index contributed by atoms with van der Waals surface area (Å²) in [6.07, 6.45) is 7.17. The Morgan fingerprint density at radius 1 is 1.21 bits per heavy atom. The van der Waals surface area contributed by atoms with Gasteiger partial charge in [0.15, 0.2) is 11.0 Å². The number of carbonyl (C=O) groups excluding carboxylic acids is 1. The number of nitrogens with zero attached hydrogens (tertiary/aromatic N) is 3. The summed E-state index contributed by atoms with van der Waals surface area (Å²) in [5, 5.41) is 12.5. The Labute approximate surface area is 171 Å². The maximum Gasteiger partial charge on any atom is 0.233 e. The average Bonchev–Trinajstić information content (AvgIpc) is 2.93. The molecule has 2 aromatic rings. The first-order valence-electron chi connectivity index (χ1n) is 10.2. The lowest BCUT2D eigenvalue weighted by atomic mass is 10.1. The number of hydrogen-bond acceptors (Lipinski definition) is 5. The van der Waals surface area contributed by atoms with Gasteiger partial charge in [0.1, 0.15) is 5.75 Å². The first-order valence-corrected chi connectivity index (χ1v) is 11.0. The Morgan fingerprint density at radius 2 is 1.89 bits per heavy atom. The van der Waals surface area contributed by atoms with E-state index in [1.54, 1.807) is 7.11 Å². The third kappa shape index (κ3) is 5.07. The van der Waals surface area contributed by atoms with Gasteiger partial charge in [-0.1, -0.05) is 37.4 Å². The van der Waals surface area contributed by atoms with Gasteiger partial charge in [0.25, 0.3) is 0 Å². The van der Waals surface area contributed by atoms with Crippen molar-refractivity contribution in [2.75, 3.05) is 7.11 Å². The number of rotatable bonds is 7. The van der Waals surface area contributed by atoms with Gasteiger partial charge in [0, 0.05) is 18.2 Å². The minimum absolute atomic E-state index is 0.0913. The van der Waals surface area contributed by atoms with Crippen LogP contribution in [-0.4, -0.2) is 39.1 Å². The molecule has 152 valence electrons. The molecule has 1 aromatic carbocycles. The number of nitrogens with one attached hydrogen (secondary N) is 1. The van der Waals surface area contributed by atoms with E-state index in [1.807, 2.05) is 31.2 Å². The molecule has 0 radical (unpaired) electrons. The van der Waals surface area contributed by atoms with E-state index in [9.17, 15) is 4.79 Å². The maximum atomic E-state index is 12.7. The Bertz CT molecular complexity index is 767. The van der Waals surface area contributed by atoms with Crippen LogP contribution in [0.2, 0.25) is 0 Å². The van der Waals surface area contributed by atoms with Crippen LogP contribution in [0.15, 0.2) is 29.4 Å². The second kappa shape index (κ2) is 9.96. The Balaban J connectivity index is 1.67. The smallest absolute Gasteiger partial charge is 0.233 e. The zero-order valence-corrected chi connectivity index (χ0v) is 17.8. The summed E-state index contributed by atoms with van der Waals surface area (Å²) in [6.45, 7) is 4.75. The van der Waals surface area contributed by atoms with Crippen LogP contribution in [0.5, 0.6) is 5.75 Å². The largest absolute Gasteiger partial charge is 0.497 e. The topological polar surface area (TPSA) is 69.0 Å². The molecule has 3 rings (SSSR count). The predicted octanol–water partition coefficient (Wildman–Crippen LogP) is 4.29. The minimum atomic E-state index is -0.207. The van der Waals surface area contributed by atoms with E-state index in [4.69, 9.17) is 4.74 Å². The lowest BCUT2D eigenvalue weighted by molar-refractivity contribution is -0.121. The first kappa shape index (κ1) is 20.7. The van der Waals surface area contributed by atoms with Crippen molar-refractivity contribution in [1.82, 2.24) is 20.1 Å². The molecule has 1 heterocycles. The molecule has 0 saturated heterocycles. The molecular formula is C21H30N4O2S. The van der Waals surface area contributed by atoms with Crippen LogP contribution < -0.4 is 10.1 Å². The van der Waals surface area contributed by atoms with Crippen molar-refractivity contribution in [1.29, 1.82) is 0 Å². The molecule has 1 N–H and O–H groups in total. The SMILES string of the molecule is CCn1c(S[C@H](C)C(=O)NC2CCCCCC2)nnc1-c1ccc(OC)cc1. The van der Waals surface area contributed by atoms with Gasteiger partial charge in [-0.15, -0.1) is 10.2 Å². The molecule has 0 spiro atoms. The maximum absolute atomic E-state index is 12.7. The zero-order valence-electron chi connectivity index (χ0n) is 17.0. The standard InChI is InChI=1S/C21H30N4O2S/c1-4-25-19(16-11-13-18(27-3)14-12-16)23-24-21(25)28-15(2)20(26)22-17-9-7-5-6-8-10-17/h11-15,17H,4-10H2,1-3H3,(H,22,26)/t15-/m1/s1.